The van der Waals surface area contributed by atoms with Crippen molar-refractivity contribution in [3.8, 4) is 5.88 Å². The Balaban J connectivity index is 1.73. The molecule has 2 aromatic heterocycles. The molecule has 6 nitrogen and oxygen atoms in total. The summed E-state index contributed by atoms with van der Waals surface area (Å²) in [6.45, 7) is 7.61. The van der Waals surface area contributed by atoms with Crippen LogP contribution in [-0.4, -0.2) is 53.6 Å². The average molecular weight is 340 g/mol. The third-order valence-corrected chi connectivity index (χ3v) is 4.40. The molecule has 1 amide bonds. The highest BCUT2D eigenvalue weighted by Crippen LogP contribution is 2.22. The number of anilines is 1. The van der Waals surface area contributed by atoms with Gasteiger partial charge in [-0.05, 0) is 44.0 Å². The summed E-state index contributed by atoms with van der Waals surface area (Å²) in [6, 6.07) is 5.61. The van der Waals surface area contributed by atoms with Crippen LogP contribution in [0.3, 0.4) is 0 Å². The highest BCUT2D eigenvalue weighted by Gasteiger charge is 2.23. The van der Waals surface area contributed by atoms with Gasteiger partial charge in [-0.15, -0.1) is 0 Å². The third kappa shape index (κ3) is 3.90. The number of pyridine rings is 2. The summed E-state index contributed by atoms with van der Waals surface area (Å²) in [5, 5.41) is 0. The van der Waals surface area contributed by atoms with E-state index in [9.17, 15) is 4.79 Å². The number of hydrogen-bond acceptors (Lipinski definition) is 5. The van der Waals surface area contributed by atoms with Crippen molar-refractivity contribution in [2.45, 2.75) is 20.3 Å². The Hall–Kier alpha value is -2.63. The number of nitrogens with zero attached hydrogens (tertiary/aromatic N) is 4. The molecule has 0 bridgehead atoms. The van der Waals surface area contributed by atoms with E-state index in [1.807, 2.05) is 30.3 Å². The average Bonchev–Trinajstić information content (AvgIpc) is 2.88. The lowest BCUT2D eigenvalue weighted by Gasteiger charge is -2.25. The van der Waals surface area contributed by atoms with Crippen molar-refractivity contribution >= 4 is 11.6 Å². The SMILES string of the molecule is CCOc1ncccc1C(=O)N1CCCN(c2ccncc2C)CC1. The van der Waals surface area contributed by atoms with Crippen LogP contribution in [0.1, 0.15) is 29.3 Å². The fourth-order valence-electron chi connectivity index (χ4n) is 3.16. The maximum atomic E-state index is 12.9. The van der Waals surface area contributed by atoms with Gasteiger partial charge in [0.15, 0.2) is 0 Å². The second-order valence-electron chi connectivity index (χ2n) is 6.08. The second-order valence-corrected chi connectivity index (χ2v) is 6.08. The van der Waals surface area contributed by atoms with E-state index in [1.165, 1.54) is 5.69 Å². The quantitative estimate of drug-likeness (QED) is 0.856. The normalized spacial score (nSPS) is 15.0. The summed E-state index contributed by atoms with van der Waals surface area (Å²) in [5.74, 6) is 0.408. The van der Waals surface area contributed by atoms with Gasteiger partial charge in [0.25, 0.3) is 5.91 Å². The Morgan fingerprint density at radius 3 is 2.88 bits per heavy atom. The van der Waals surface area contributed by atoms with Crippen molar-refractivity contribution < 1.29 is 9.53 Å². The zero-order valence-corrected chi connectivity index (χ0v) is 14.8. The third-order valence-electron chi connectivity index (χ3n) is 4.40. The lowest BCUT2D eigenvalue weighted by atomic mass is 10.2. The minimum Gasteiger partial charge on any atom is -0.477 e. The van der Waals surface area contributed by atoms with Gasteiger partial charge in [0.2, 0.25) is 5.88 Å². The molecular formula is C19H24N4O2. The number of ether oxygens (including phenoxy) is 1. The number of amides is 1. The molecule has 1 aliphatic heterocycles. The molecule has 6 heteroatoms. The Morgan fingerprint density at radius 1 is 1.20 bits per heavy atom. The Morgan fingerprint density at radius 2 is 2.08 bits per heavy atom. The molecule has 0 atom stereocenters. The topological polar surface area (TPSA) is 58.6 Å². The number of carbonyl (C=O) groups is 1. The second kappa shape index (κ2) is 7.96. The van der Waals surface area contributed by atoms with Gasteiger partial charge in [-0.25, -0.2) is 4.98 Å². The molecule has 1 aliphatic rings. The van der Waals surface area contributed by atoms with Crippen LogP contribution in [-0.2, 0) is 0 Å². The van der Waals surface area contributed by atoms with Crippen LogP contribution in [0.2, 0.25) is 0 Å². The van der Waals surface area contributed by atoms with Crippen molar-refractivity contribution in [1.29, 1.82) is 0 Å². The first kappa shape index (κ1) is 17.2. The van der Waals surface area contributed by atoms with Gasteiger partial charge >= 0.3 is 0 Å². The zero-order chi connectivity index (χ0) is 17.6. The van der Waals surface area contributed by atoms with E-state index in [-0.39, 0.29) is 5.91 Å². The Bertz CT molecular complexity index is 735. The first-order chi connectivity index (χ1) is 12.2. The van der Waals surface area contributed by atoms with Crippen molar-refractivity contribution in [2.75, 3.05) is 37.7 Å². The van der Waals surface area contributed by atoms with E-state index in [0.29, 0.717) is 24.6 Å². The van der Waals surface area contributed by atoms with Gasteiger partial charge in [0, 0.05) is 50.5 Å². The summed E-state index contributed by atoms with van der Waals surface area (Å²) in [4.78, 5) is 25.5. The number of aromatic nitrogens is 2. The monoisotopic (exact) mass is 340 g/mol. The van der Waals surface area contributed by atoms with Gasteiger partial charge in [-0.2, -0.15) is 0 Å². The molecule has 0 radical (unpaired) electrons. The number of carbonyl (C=O) groups excluding carboxylic acids is 1. The lowest BCUT2D eigenvalue weighted by molar-refractivity contribution is 0.0762. The minimum absolute atomic E-state index is 0.00940. The highest BCUT2D eigenvalue weighted by molar-refractivity contribution is 5.96. The summed E-state index contributed by atoms with van der Waals surface area (Å²) in [5.41, 5.74) is 2.90. The van der Waals surface area contributed by atoms with E-state index >= 15 is 0 Å². The minimum atomic E-state index is -0.00940. The summed E-state index contributed by atoms with van der Waals surface area (Å²) >= 11 is 0. The van der Waals surface area contributed by atoms with Gasteiger partial charge in [-0.3, -0.25) is 9.78 Å². The molecule has 1 fully saturated rings. The lowest BCUT2D eigenvalue weighted by Crippen LogP contribution is -2.35. The number of rotatable bonds is 4. The Kier molecular flexibility index (Phi) is 5.48. The van der Waals surface area contributed by atoms with Crippen LogP contribution in [0, 0.1) is 6.92 Å². The van der Waals surface area contributed by atoms with Crippen LogP contribution in [0.25, 0.3) is 0 Å². The van der Waals surface area contributed by atoms with Crippen LogP contribution >= 0.6 is 0 Å². The van der Waals surface area contributed by atoms with Crippen LogP contribution in [0.5, 0.6) is 5.88 Å². The highest BCUT2D eigenvalue weighted by atomic mass is 16.5. The van der Waals surface area contributed by atoms with Crippen molar-refractivity contribution in [3.63, 3.8) is 0 Å². The zero-order valence-electron chi connectivity index (χ0n) is 14.8. The Labute approximate surface area is 148 Å². The molecule has 2 aromatic rings. The first-order valence-corrected chi connectivity index (χ1v) is 8.73. The van der Waals surface area contributed by atoms with Crippen LogP contribution < -0.4 is 9.64 Å². The molecule has 0 unspecified atom stereocenters. The standard InChI is InChI=1S/C19H24N4O2/c1-3-25-18-16(6-4-8-21-18)19(24)23-11-5-10-22(12-13-23)17-7-9-20-14-15(17)2/h4,6-9,14H,3,5,10-13H2,1-2H3. The van der Waals surface area contributed by atoms with Crippen molar-refractivity contribution in [3.05, 3.63) is 47.9 Å². The van der Waals surface area contributed by atoms with E-state index in [0.717, 1.165) is 31.6 Å². The molecule has 132 valence electrons. The van der Waals surface area contributed by atoms with Crippen LogP contribution in [0.4, 0.5) is 5.69 Å². The predicted octanol–water partition coefficient (Wildman–Crippen LogP) is 2.54. The van der Waals surface area contributed by atoms with Gasteiger partial charge in [0.05, 0.1) is 6.61 Å². The van der Waals surface area contributed by atoms with Crippen molar-refractivity contribution in [1.82, 2.24) is 14.9 Å². The van der Waals surface area contributed by atoms with E-state index in [2.05, 4.69) is 21.8 Å². The van der Waals surface area contributed by atoms with Gasteiger partial charge in [0.1, 0.15) is 5.56 Å². The molecule has 25 heavy (non-hydrogen) atoms. The van der Waals surface area contributed by atoms with Gasteiger partial charge < -0.3 is 14.5 Å². The molecule has 0 aliphatic carbocycles. The maximum Gasteiger partial charge on any atom is 0.259 e. The summed E-state index contributed by atoms with van der Waals surface area (Å²) in [7, 11) is 0. The smallest absolute Gasteiger partial charge is 0.259 e. The van der Waals surface area contributed by atoms with Crippen molar-refractivity contribution in [2.24, 2.45) is 0 Å². The summed E-state index contributed by atoms with van der Waals surface area (Å²) < 4.78 is 5.51. The fraction of sp³-hybridized carbons (Fsp3) is 0.421. The number of hydrogen-bond donors (Lipinski definition) is 0. The molecule has 3 rings (SSSR count). The maximum absolute atomic E-state index is 12.9. The molecular weight excluding hydrogens is 316 g/mol. The first-order valence-electron chi connectivity index (χ1n) is 8.73. The van der Waals surface area contributed by atoms with Crippen LogP contribution in [0.15, 0.2) is 36.8 Å². The molecule has 0 N–H and O–H groups in total. The largest absolute Gasteiger partial charge is 0.477 e. The molecule has 0 aromatic carbocycles. The van der Waals surface area contributed by atoms with Gasteiger partial charge in [-0.1, -0.05) is 0 Å². The number of aryl methyl sites for hydroxylation is 1. The van der Waals surface area contributed by atoms with E-state index in [1.54, 1.807) is 18.3 Å². The molecule has 0 spiro atoms. The predicted molar refractivity (Wildman–Crippen MR) is 97.1 cm³/mol. The fourth-order valence-corrected chi connectivity index (χ4v) is 3.16. The van der Waals surface area contributed by atoms with E-state index in [4.69, 9.17) is 4.74 Å². The molecule has 1 saturated heterocycles. The summed E-state index contributed by atoms with van der Waals surface area (Å²) in [6.07, 6.45) is 6.28. The molecule has 0 saturated carbocycles. The molecule has 3 heterocycles. The van der Waals surface area contributed by atoms with E-state index < -0.39 is 0 Å².